The lowest BCUT2D eigenvalue weighted by atomic mass is 10.2. The van der Waals surface area contributed by atoms with E-state index in [0.29, 0.717) is 10.6 Å². The van der Waals surface area contributed by atoms with Crippen molar-refractivity contribution in [3.05, 3.63) is 51.6 Å². The summed E-state index contributed by atoms with van der Waals surface area (Å²) >= 11 is 13.1. The number of carbonyl (C=O) groups is 2. The van der Waals surface area contributed by atoms with Gasteiger partial charge in [-0.05, 0) is 31.2 Å². The Hall–Kier alpha value is -2.22. The number of anilines is 1. The van der Waals surface area contributed by atoms with Crippen LogP contribution in [-0.2, 0) is 9.53 Å². The second-order valence-corrected chi connectivity index (χ2v) is 6.79. The Morgan fingerprint density at radius 2 is 2.04 bits per heavy atom. The van der Waals surface area contributed by atoms with Crippen molar-refractivity contribution in [3.63, 3.8) is 0 Å². The van der Waals surface area contributed by atoms with Gasteiger partial charge in [0, 0.05) is 6.20 Å². The molecule has 0 spiro atoms. The molecule has 25 heavy (non-hydrogen) atoms. The third kappa shape index (κ3) is 4.07. The number of amides is 1. The summed E-state index contributed by atoms with van der Waals surface area (Å²) in [5.41, 5.74) is 2.84. The van der Waals surface area contributed by atoms with Crippen LogP contribution in [-0.4, -0.2) is 27.9 Å². The molecule has 0 fully saturated rings. The van der Waals surface area contributed by atoms with Crippen molar-refractivity contribution in [2.45, 2.75) is 13.0 Å². The Bertz CT molecular complexity index is 961. The first-order valence-electron chi connectivity index (χ1n) is 7.10. The zero-order chi connectivity index (χ0) is 18.0. The molecule has 1 aromatic carbocycles. The van der Waals surface area contributed by atoms with Crippen molar-refractivity contribution in [3.8, 4) is 0 Å². The number of pyridine rings is 1. The molecule has 0 unspecified atom stereocenters. The monoisotopic (exact) mass is 395 g/mol. The van der Waals surface area contributed by atoms with Crippen molar-refractivity contribution in [2.24, 2.45) is 0 Å². The first kappa shape index (κ1) is 17.6. The van der Waals surface area contributed by atoms with Crippen LogP contribution in [0.3, 0.4) is 0 Å². The lowest BCUT2D eigenvalue weighted by Crippen LogP contribution is -2.30. The maximum Gasteiger partial charge on any atom is 0.338 e. The van der Waals surface area contributed by atoms with Crippen LogP contribution in [0.5, 0.6) is 0 Å². The average molecular weight is 396 g/mol. The number of rotatable bonds is 4. The Morgan fingerprint density at radius 1 is 1.24 bits per heavy atom. The summed E-state index contributed by atoms with van der Waals surface area (Å²) in [6, 6.07) is 6.46. The van der Waals surface area contributed by atoms with Gasteiger partial charge in [0.1, 0.15) is 0 Å². The van der Waals surface area contributed by atoms with Crippen LogP contribution in [0.2, 0.25) is 10.0 Å². The van der Waals surface area contributed by atoms with Crippen LogP contribution >= 0.6 is 34.5 Å². The molecule has 1 amide bonds. The number of carbonyl (C=O) groups excluding carboxylic acids is 2. The third-order valence-corrected chi connectivity index (χ3v) is 4.56. The van der Waals surface area contributed by atoms with E-state index in [9.17, 15) is 9.59 Å². The number of hydrogen-bond donors (Lipinski definition) is 1. The van der Waals surface area contributed by atoms with E-state index < -0.39 is 18.0 Å². The van der Waals surface area contributed by atoms with Gasteiger partial charge >= 0.3 is 5.97 Å². The molecule has 9 heteroatoms. The molecule has 0 aliphatic rings. The number of nitrogens with one attached hydrogen (secondary N) is 1. The van der Waals surface area contributed by atoms with Crippen LogP contribution in [0, 0.1) is 0 Å². The van der Waals surface area contributed by atoms with E-state index >= 15 is 0 Å². The molecule has 0 saturated heterocycles. The Labute approximate surface area is 156 Å². The fourth-order valence-corrected chi connectivity index (χ4v) is 3.13. The maximum absolute atomic E-state index is 12.2. The first-order valence-corrected chi connectivity index (χ1v) is 8.74. The van der Waals surface area contributed by atoms with Crippen LogP contribution in [0.4, 0.5) is 5.82 Å². The maximum atomic E-state index is 12.2. The standard InChI is InChI=1S/C16H11Cl2N3O3S/c1-8(15(22)21-14-11(18)5-10(17)6-19-14)24-16(23)9-2-3-12-13(4-9)25-7-20-12/h2-8H,1H3,(H,19,21,22)/t8-/m1/s1. The number of halogens is 2. The van der Waals surface area contributed by atoms with E-state index in [1.165, 1.54) is 30.5 Å². The van der Waals surface area contributed by atoms with Crippen LogP contribution < -0.4 is 5.32 Å². The predicted octanol–water partition coefficient (Wildman–Crippen LogP) is 4.18. The number of aromatic nitrogens is 2. The average Bonchev–Trinajstić information content (AvgIpc) is 3.04. The molecule has 3 rings (SSSR count). The van der Waals surface area contributed by atoms with Gasteiger partial charge in [-0.1, -0.05) is 23.2 Å². The predicted molar refractivity (Wildman–Crippen MR) is 97.4 cm³/mol. The smallest absolute Gasteiger partial charge is 0.338 e. The van der Waals surface area contributed by atoms with Crippen LogP contribution in [0.1, 0.15) is 17.3 Å². The van der Waals surface area contributed by atoms with Gasteiger partial charge in [0.25, 0.3) is 5.91 Å². The number of fused-ring (bicyclic) bond motifs is 1. The van der Waals surface area contributed by atoms with Gasteiger partial charge in [-0.3, -0.25) is 4.79 Å². The highest BCUT2D eigenvalue weighted by atomic mass is 35.5. The molecule has 6 nitrogen and oxygen atoms in total. The van der Waals surface area contributed by atoms with E-state index in [-0.39, 0.29) is 10.8 Å². The van der Waals surface area contributed by atoms with Crippen molar-refractivity contribution in [1.29, 1.82) is 0 Å². The summed E-state index contributed by atoms with van der Waals surface area (Å²) in [6.45, 7) is 1.46. The van der Waals surface area contributed by atoms with Gasteiger partial charge in [0.15, 0.2) is 11.9 Å². The van der Waals surface area contributed by atoms with Crippen molar-refractivity contribution >= 4 is 62.4 Å². The Kier molecular flexibility index (Phi) is 5.17. The van der Waals surface area contributed by atoms with Gasteiger partial charge in [0.2, 0.25) is 0 Å². The first-order chi connectivity index (χ1) is 11.9. The molecule has 2 heterocycles. The molecule has 0 saturated carbocycles. The number of hydrogen-bond acceptors (Lipinski definition) is 6. The number of thiazole rings is 1. The van der Waals surface area contributed by atoms with Crippen molar-refractivity contribution < 1.29 is 14.3 Å². The minimum Gasteiger partial charge on any atom is -0.449 e. The van der Waals surface area contributed by atoms with E-state index in [1.807, 2.05) is 0 Å². The van der Waals surface area contributed by atoms with E-state index in [0.717, 1.165) is 10.2 Å². The molecule has 3 aromatic rings. The molecule has 128 valence electrons. The molecule has 1 atom stereocenters. The highest BCUT2D eigenvalue weighted by Crippen LogP contribution is 2.23. The molecule has 0 aliphatic heterocycles. The number of esters is 1. The summed E-state index contributed by atoms with van der Waals surface area (Å²) in [5.74, 6) is -1.01. The van der Waals surface area contributed by atoms with Gasteiger partial charge in [0.05, 0.1) is 31.3 Å². The molecule has 0 radical (unpaired) electrons. The minimum absolute atomic E-state index is 0.144. The summed E-state index contributed by atoms with van der Waals surface area (Å²) in [5, 5.41) is 3.03. The van der Waals surface area contributed by atoms with E-state index in [1.54, 1.807) is 23.7 Å². The van der Waals surface area contributed by atoms with Gasteiger partial charge < -0.3 is 10.1 Å². The Balaban J connectivity index is 1.66. The Morgan fingerprint density at radius 3 is 2.80 bits per heavy atom. The molecule has 1 N–H and O–H groups in total. The summed E-state index contributed by atoms with van der Waals surface area (Å²) in [4.78, 5) is 32.4. The van der Waals surface area contributed by atoms with Crippen LogP contribution in [0.25, 0.3) is 10.2 Å². The van der Waals surface area contributed by atoms with Crippen LogP contribution in [0.15, 0.2) is 36.0 Å². The number of ether oxygens (including phenoxy) is 1. The fraction of sp³-hybridized carbons (Fsp3) is 0.125. The van der Waals surface area contributed by atoms with Gasteiger partial charge in [-0.15, -0.1) is 11.3 Å². The van der Waals surface area contributed by atoms with Gasteiger partial charge in [-0.25, -0.2) is 14.8 Å². The van der Waals surface area contributed by atoms with Crippen molar-refractivity contribution in [1.82, 2.24) is 9.97 Å². The summed E-state index contributed by atoms with van der Waals surface area (Å²) < 4.78 is 6.06. The largest absolute Gasteiger partial charge is 0.449 e. The molecular weight excluding hydrogens is 385 g/mol. The summed E-state index contributed by atoms with van der Waals surface area (Å²) in [7, 11) is 0. The molecule has 2 aromatic heterocycles. The minimum atomic E-state index is -1.03. The summed E-state index contributed by atoms with van der Waals surface area (Å²) in [6.07, 6.45) is 0.322. The zero-order valence-electron chi connectivity index (χ0n) is 12.8. The lowest BCUT2D eigenvalue weighted by molar-refractivity contribution is -0.123. The normalized spacial score (nSPS) is 12.0. The number of nitrogens with zero attached hydrogens (tertiary/aromatic N) is 2. The highest BCUT2D eigenvalue weighted by Gasteiger charge is 2.20. The topological polar surface area (TPSA) is 81.2 Å². The number of benzene rings is 1. The lowest BCUT2D eigenvalue weighted by Gasteiger charge is -2.13. The third-order valence-electron chi connectivity index (χ3n) is 3.27. The second kappa shape index (κ2) is 7.35. The molecule has 0 bridgehead atoms. The second-order valence-electron chi connectivity index (χ2n) is 5.06. The van der Waals surface area contributed by atoms with Gasteiger partial charge in [-0.2, -0.15) is 0 Å². The quantitative estimate of drug-likeness (QED) is 0.669. The van der Waals surface area contributed by atoms with Crippen molar-refractivity contribution in [2.75, 3.05) is 5.32 Å². The van der Waals surface area contributed by atoms with E-state index in [4.69, 9.17) is 27.9 Å². The fourth-order valence-electron chi connectivity index (χ4n) is 1.99. The highest BCUT2D eigenvalue weighted by molar-refractivity contribution is 7.16. The molecular formula is C16H11Cl2N3O3S. The zero-order valence-corrected chi connectivity index (χ0v) is 15.2. The molecule has 0 aliphatic carbocycles. The SMILES string of the molecule is C[C@@H](OC(=O)c1ccc2ncsc2c1)C(=O)Nc1ncc(Cl)cc1Cl. The van der Waals surface area contributed by atoms with E-state index in [2.05, 4.69) is 15.3 Å².